The van der Waals surface area contributed by atoms with Gasteiger partial charge in [-0.2, -0.15) is 0 Å². The van der Waals surface area contributed by atoms with Gasteiger partial charge in [-0.3, -0.25) is 9.59 Å². The van der Waals surface area contributed by atoms with E-state index in [-0.39, 0.29) is 17.2 Å². The lowest BCUT2D eigenvalue weighted by atomic mass is 10.1. The number of benzene rings is 2. The average Bonchev–Trinajstić information content (AvgIpc) is 3.11. The number of aryl methyl sites for hydroxylation is 2. The van der Waals surface area contributed by atoms with Crippen molar-refractivity contribution in [3.05, 3.63) is 59.2 Å². The van der Waals surface area contributed by atoms with Gasteiger partial charge in [0.15, 0.2) is 5.17 Å². The van der Waals surface area contributed by atoms with E-state index in [1.165, 1.54) is 30.6 Å². The maximum absolute atomic E-state index is 12.0. The predicted octanol–water partition coefficient (Wildman–Crippen LogP) is 3.76. The molecule has 0 bridgehead atoms. The molecule has 0 spiro atoms. The standard InChI is InChI=1S/C22H25N3O4S/c1-14-7-5-8-15(2)20(14)29-12-11-28-19-10-6-9-18(13-19)21-25(17(4)27)24-22(30-21)23-16(3)26/h5-10,13,21H,11-12H2,1-4H3,(H,23,24,26). The number of carbonyl (C=O) groups is 2. The Kier molecular flexibility index (Phi) is 6.99. The molecule has 2 amide bonds. The minimum Gasteiger partial charge on any atom is -0.490 e. The summed E-state index contributed by atoms with van der Waals surface area (Å²) in [6, 6.07) is 13.5. The van der Waals surface area contributed by atoms with E-state index >= 15 is 0 Å². The molecule has 0 fully saturated rings. The Morgan fingerprint density at radius 2 is 1.73 bits per heavy atom. The maximum atomic E-state index is 12.0. The number of para-hydroxylation sites is 1. The largest absolute Gasteiger partial charge is 0.490 e. The van der Waals surface area contributed by atoms with Crippen LogP contribution in [0.4, 0.5) is 0 Å². The minimum atomic E-state index is -0.362. The second-order valence-electron chi connectivity index (χ2n) is 6.91. The SMILES string of the molecule is CC(=O)NC1=NN(C(C)=O)C(c2cccc(OCCOc3c(C)cccc3C)c2)S1. The summed E-state index contributed by atoms with van der Waals surface area (Å²) in [5.74, 6) is 1.12. The molecule has 0 saturated carbocycles. The third-order valence-corrected chi connectivity index (χ3v) is 5.50. The summed E-state index contributed by atoms with van der Waals surface area (Å²) in [5.41, 5.74) is 3.04. The number of amidine groups is 1. The summed E-state index contributed by atoms with van der Waals surface area (Å²) < 4.78 is 11.7. The summed E-state index contributed by atoms with van der Waals surface area (Å²) in [6.45, 7) is 7.69. The molecule has 1 heterocycles. The first kappa shape index (κ1) is 21.7. The third kappa shape index (κ3) is 5.33. The van der Waals surface area contributed by atoms with Gasteiger partial charge >= 0.3 is 0 Å². The number of ether oxygens (including phenoxy) is 2. The second kappa shape index (κ2) is 9.67. The molecular formula is C22H25N3O4S. The normalized spacial score (nSPS) is 15.5. The van der Waals surface area contributed by atoms with Gasteiger partial charge in [-0.25, -0.2) is 5.01 Å². The zero-order valence-corrected chi connectivity index (χ0v) is 18.3. The van der Waals surface area contributed by atoms with Gasteiger partial charge in [-0.15, -0.1) is 5.10 Å². The first-order valence-corrected chi connectivity index (χ1v) is 10.5. The summed E-state index contributed by atoms with van der Waals surface area (Å²) in [4.78, 5) is 23.3. The van der Waals surface area contributed by atoms with E-state index in [9.17, 15) is 9.59 Å². The van der Waals surface area contributed by atoms with E-state index in [1.807, 2.05) is 56.3 Å². The number of carbonyl (C=O) groups excluding carboxylic acids is 2. The van der Waals surface area contributed by atoms with Crippen molar-refractivity contribution in [1.82, 2.24) is 10.3 Å². The Morgan fingerprint density at radius 3 is 2.40 bits per heavy atom. The van der Waals surface area contributed by atoms with Gasteiger partial charge < -0.3 is 14.8 Å². The number of amides is 2. The maximum Gasteiger partial charge on any atom is 0.241 e. The molecular weight excluding hydrogens is 402 g/mol. The summed E-state index contributed by atoms with van der Waals surface area (Å²) in [5, 5.41) is 8.25. The van der Waals surface area contributed by atoms with E-state index < -0.39 is 0 Å². The van der Waals surface area contributed by atoms with Crippen LogP contribution in [-0.2, 0) is 9.59 Å². The van der Waals surface area contributed by atoms with Crippen LogP contribution in [0.5, 0.6) is 11.5 Å². The molecule has 1 unspecified atom stereocenters. The highest BCUT2D eigenvalue weighted by atomic mass is 32.2. The molecule has 2 aromatic carbocycles. The molecule has 8 heteroatoms. The highest BCUT2D eigenvalue weighted by molar-refractivity contribution is 8.14. The monoisotopic (exact) mass is 427 g/mol. The van der Waals surface area contributed by atoms with Gasteiger partial charge in [0, 0.05) is 13.8 Å². The van der Waals surface area contributed by atoms with E-state index in [2.05, 4.69) is 10.4 Å². The number of thioether (sulfide) groups is 1. The van der Waals surface area contributed by atoms with Crippen molar-refractivity contribution in [1.29, 1.82) is 0 Å². The fourth-order valence-electron chi connectivity index (χ4n) is 3.07. The highest BCUT2D eigenvalue weighted by Crippen LogP contribution is 2.39. The molecule has 2 aromatic rings. The Labute approximate surface area is 180 Å². The van der Waals surface area contributed by atoms with Gasteiger partial charge in [0.1, 0.15) is 30.1 Å². The molecule has 0 saturated heterocycles. The van der Waals surface area contributed by atoms with E-state index in [0.717, 1.165) is 22.4 Å². The minimum absolute atomic E-state index is 0.207. The molecule has 0 radical (unpaired) electrons. The summed E-state index contributed by atoms with van der Waals surface area (Å²) in [7, 11) is 0. The van der Waals surface area contributed by atoms with Crippen molar-refractivity contribution < 1.29 is 19.1 Å². The molecule has 0 aromatic heterocycles. The summed E-state index contributed by atoms with van der Waals surface area (Å²) in [6.07, 6.45) is 0. The van der Waals surface area contributed by atoms with E-state index in [1.54, 1.807) is 0 Å². The number of nitrogens with one attached hydrogen (secondary N) is 1. The molecule has 0 aliphatic carbocycles. The molecule has 3 rings (SSSR count). The molecule has 1 aliphatic rings. The van der Waals surface area contributed by atoms with Crippen molar-refractivity contribution in [3.8, 4) is 11.5 Å². The van der Waals surface area contributed by atoms with Crippen LogP contribution in [0.1, 0.15) is 35.9 Å². The topological polar surface area (TPSA) is 80.2 Å². The molecule has 7 nitrogen and oxygen atoms in total. The number of hydrazone groups is 1. The molecule has 1 N–H and O–H groups in total. The lowest BCUT2D eigenvalue weighted by Gasteiger charge is -2.20. The van der Waals surface area contributed by atoms with Crippen LogP contribution in [0.2, 0.25) is 0 Å². The van der Waals surface area contributed by atoms with Gasteiger partial charge in [0.2, 0.25) is 11.8 Å². The highest BCUT2D eigenvalue weighted by Gasteiger charge is 2.32. The van der Waals surface area contributed by atoms with Crippen molar-refractivity contribution in [2.45, 2.75) is 33.1 Å². The smallest absolute Gasteiger partial charge is 0.241 e. The number of hydrogen-bond acceptors (Lipinski definition) is 6. The Balaban J connectivity index is 1.62. The van der Waals surface area contributed by atoms with Crippen LogP contribution in [0, 0.1) is 13.8 Å². The number of rotatable bonds is 6. The lowest BCUT2D eigenvalue weighted by Crippen LogP contribution is -2.25. The van der Waals surface area contributed by atoms with E-state index in [0.29, 0.717) is 24.1 Å². The first-order valence-electron chi connectivity index (χ1n) is 9.59. The summed E-state index contributed by atoms with van der Waals surface area (Å²) >= 11 is 1.31. The fourth-order valence-corrected chi connectivity index (χ4v) is 4.19. The Bertz CT molecular complexity index is 956. The van der Waals surface area contributed by atoms with Crippen LogP contribution in [0.25, 0.3) is 0 Å². The van der Waals surface area contributed by atoms with Crippen LogP contribution < -0.4 is 14.8 Å². The van der Waals surface area contributed by atoms with Crippen molar-refractivity contribution >= 4 is 28.7 Å². The molecule has 1 aliphatic heterocycles. The van der Waals surface area contributed by atoms with Gasteiger partial charge in [0.05, 0.1) is 0 Å². The zero-order valence-electron chi connectivity index (χ0n) is 17.5. The van der Waals surface area contributed by atoms with E-state index in [4.69, 9.17) is 9.47 Å². The van der Waals surface area contributed by atoms with Gasteiger partial charge in [-0.1, -0.05) is 42.1 Å². The third-order valence-electron chi connectivity index (χ3n) is 4.40. The second-order valence-corrected chi connectivity index (χ2v) is 7.98. The Hall–Kier alpha value is -3.00. The number of nitrogens with zero attached hydrogens (tertiary/aromatic N) is 2. The zero-order chi connectivity index (χ0) is 21.7. The van der Waals surface area contributed by atoms with Crippen molar-refractivity contribution in [2.75, 3.05) is 13.2 Å². The lowest BCUT2D eigenvalue weighted by molar-refractivity contribution is -0.129. The molecule has 1 atom stereocenters. The molecule has 158 valence electrons. The fraction of sp³-hybridized carbons (Fsp3) is 0.318. The Morgan fingerprint density at radius 1 is 1.07 bits per heavy atom. The van der Waals surface area contributed by atoms with Crippen LogP contribution >= 0.6 is 11.8 Å². The van der Waals surface area contributed by atoms with Crippen LogP contribution in [-0.4, -0.2) is 35.2 Å². The quantitative estimate of drug-likeness (QED) is 0.710. The first-order chi connectivity index (χ1) is 14.3. The predicted molar refractivity (Wildman–Crippen MR) is 117 cm³/mol. The van der Waals surface area contributed by atoms with Crippen molar-refractivity contribution in [3.63, 3.8) is 0 Å². The average molecular weight is 428 g/mol. The van der Waals surface area contributed by atoms with Crippen LogP contribution in [0.3, 0.4) is 0 Å². The van der Waals surface area contributed by atoms with Gasteiger partial charge in [-0.05, 0) is 42.7 Å². The number of hydrogen-bond donors (Lipinski definition) is 1. The van der Waals surface area contributed by atoms with Gasteiger partial charge in [0.25, 0.3) is 0 Å². The molecule has 30 heavy (non-hydrogen) atoms. The van der Waals surface area contributed by atoms with Crippen molar-refractivity contribution in [2.24, 2.45) is 5.10 Å². The van der Waals surface area contributed by atoms with Crippen LogP contribution in [0.15, 0.2) is 47.6 Å².